The maximum atomic E-state index is 5.69. The first-order chi connectivity index (χ1) is 13.7. The van der Waals surface area contributed by atoms with Gasteiger partial charge in [0.1, 0.15) is 5.75 Å². The first-order valence-corrected chi connectivity index (χ1v) is 10.6. The van der Waals surface area contributed by atoms with Crippen molar-refractivity contribution >= 4 is 29.9 Å². The molecule has 1 atom stereocenters. The summed E-state index contributed by atoms with van der Waals surface area (Å²) >= 11 is 0. The molecule has 0 spiro atoms. The third kappa shape index (κ3) is 11.6. The summed E-state index contributed by atoms with van der Waals surface area (Å²) in [6.45, 7) is 10.9. The summed E-state index contributed by atoms with van der Waals surface area (Å²) in [5, 5.41) is 6.69. The third-order valence-corrected chi connectivity index (χ3v) is 4.39. The van der Waals surface area contributed by atoms with Crippen LogP contribution in [-0.4, -0.2) is 57.6 Å². The van der Waals surface area contributed by atoms with Gasteiger partial charge in [0.05, 0.1) is 18.8 Å². The van der Waals surface area contributed by atoms with E-state index in [9.17, 15) is 0 Å². The lowest BCUT2D eigenvalue weighted by molar-refractivity contribution is 0.0171. The molecule has 2 rings (SSSR count). The third-order valence-electron chi connectivity index (χ3n) is 4.39. The van der Waals surface area contributed by atoms with E-state index in [-0.39, 0.29) is 30.1 Å². The molecule has 1 heterocycles. The number of aliphatic imine (C=N–C) groups is 1. The molecule has 0 bridgehead atoms. The summed E-state index contributed by atoms with van der Waals surface area (Å²) in [6, 6.07) is 8.31. The maximum absolute atomic E-state index is 5.69. The number of hydrogen-bond donors (Lipinski definition) is 2. The number of ether oxygens (including phenoxy) is 3. The van der Waals surface area contributed by atoms with Gasteiger partial charge >= 0.3 is 0 Å². The Bertz CT molecular complexity index is 561. The van der Waals surface area contributed by atoms with Crippen LogP contribution in [-0.2, 0) is 15.9 Å². The number of guanidine groups is 1. The second kappa shape index (κ2) is 15.7. The molecule has 1 fully saturated rings. The van der Waals surface area contributed by atoms with E-state index in [2.05, 4.69) is 34.7 Å². The molecule has 6 nitrogen and oxygen atoms in total. The largest absolute Gasteiger partial charge is 0.491 e. The van der Waals surface area contributed by atoms with Gasteiger partial charge in [0.2, 0.25) is 0 Å². The van der Waals surface area contributed by atoms with E-state index in [1.165, 1.54) is 5.56 Å². The average molecular weight is 519 g/mol. The normalized spacial score (nSPS) is 16.6. The molecule has 0 radical (unpaired) electrons. The van der Waals surface area contributed by atoms with E-state index in [0.29, 0.717) is 12.7 Å². The SMILES string of the molecule is CCNC(=NCCCOCC1CCCO1)NCCc1ccc(OC(C)C)cc1.I. The van der Waals surface area contributed by atoms with Crippen molar-refractivity contribution < 1.29 is 14.2 Å². The highest BCUT2D eigenvalue weighted by atomic mass is 127. The molecule has 0 saturated carbocycles. The number of halogens is 1. The zero-order valence-electron chi connectivity index (χ0n) is 18.1. The lowest BCUT2D eigenvalue weighted by atomic mass is 10.1. The molecule has 29 heavy (non-hydrogen) atoms. The van der Waals surface area contributed by atoms with Gasteiger partial charge in [0, 0.05) is 32.8 Å². The lowest BCUT2D eigenvalue weighted by Crippen LogP contribution is -2.38. The molecule has 0 aliphatic carbocycles. The van der Waals surface area contributed by atoms with Crippen molar-refractivity contribution in [2.75, 3.05) is 39.5 Å². The van der Waals surface area contributed by atoms with Gasteiger partial charge in [0.25, 0.3) is 0 Å². The van der Waals surface area contributed by atoms with Crippen LogP contribution >= 0.6 is 24.0 Å². The fraction of sp³-hybridized carbons (Fsp3) is 0.682. The monoisotopic (exact) mass is 519 g/mol. The molecule has 166 valence electrons. The van der Waals surface area contributed by atoms with Gasteiger partial charge < -0.3 is 24.8 Å². The first-order valence-electron chi connectivity index (χ1n) is 10.6. The zero-order chi connectivity index (χ0) is 20.0. The highest BCUT2D eigenvalue weighted by Gasteiger charge is 2.14. The summed E-state index contributed by atoms with van der Waals surface area (Å²) in [5.41, 5.74) is 1.28. The Morgan fingerprint density at radius 3 is 2.69 bits per heavy atom. The first kappa shape index (κ1) is 26.0. The van der Waals surface area contributed by atoms with Crippen molar-refractivity contribution in [1.82, 2.24) is 10.6 Å². The molecule has 1 aliphatic rings. The smallest absolute Gasteiger partial charge is 0.191 e. The topological polar surface area (TPSA) is 64.1 Å². The number of hydrogen-bond acceptors (Lipinski definition) is 4. The highest BCUT2D eigenvalue weighted by Crippen LogP contribution is 2.14. The van der Waals surface area contributed by atoms with Gasteiger partial charge in [0.15, 0.2) is 5.96 Å². The van der Waals surface area contributed by atoms with Gasteiger partial charge in [-0.05, 0) is 64.2 Å². The van der Waals surface area contributed by atoms with E-state index >= 15 is 0 Å². The van der Waals surface area contributed by atoms with Gasteiger partial charge in [-0.15, -0.1) is 24.0 Å². The molecule has 0 amide bonds. The summed E-state index contributed by atoms with van der Waals surface area (Å²) in [5.74, 6) is 1.78. The number of benzene rings is 1. The Labute approximate surface area is 193 Å². The summed E-state index contributed by atoms with van der Waals surface area (Å²) in [6.07, 6.45) is 4.64. The Balaban J connectivity index is 0.00000420. The van der Waals surface area contributed by atoms with Crippen molar-refractivity contribution in [3.05, 3.63) is 29.8 Å². The number of nitrogens with zero attached hydrogens (tertiary/aromatic N) is 1. The Morgan fingerprint density at radius 2 is 2.03 bits per heavy atom. The molecule has 1 aliphatic heterocycles. The Morgan fingerprint density at radius 1 is 1.24 bits per heavy atom. The zero-order valence-corrected chi connectivity index (χ0v) is 20.4. The summed E-state index contributed by atoms with van der Waals surface area (Å²) < 4.78 is 16.9. The average Bonchev–Trinajstić information content (AvgIpc) is 3.19. The van der Waals surface area contributed by atoms with E-state index in [0.717, 1.165) is 70.2 Å². The van der Waals surface area contributed by atoms with Crippen LogP contribution in [0.3, 0.4) is 0 Å². The van der Waals surface area contributed by atoms with E-state index in [1.54, 1.807) is 0 Å². The molecule has 1 aromatic rings. The molecular weight excluding hydrogens is 481 g/mol. The molecular formula is C22H38IN3O3. The predicted octanol–water partition coefficient (Wildman–Crippen LogP) is 3.78. The van der Waals surface area contributed by atoms with Crippen molar-refractivity contribution in [2.24, 2.45) is 4.99 Å². The van der Waals surface area contributed by atoms with Gasteiger partial charge in [-0.1, -0.05) is 12.1 Å². The van der Waals surface area contributed by atoms with Gasteiger partial charge in [-0.3, -0.25) is 4.99 Å². The van der Waals surface area contributed by atoms with E-state index < -0.39 is 0 Å². The van der Waals surface area contributed by atoms with E-state index in [1.807, 2.05) is 26.0 Å². The molecule has 0 aromatic heterocycles. The van der Waals surface area contributed by atoms with Crippen LogP contribution in [0.5, 0.6) is 5.75 Å². The van der Waals surface area contributed by atoms with Crippen LogP contribution in [0.25, 0.3) is 0 Å². The minimum atomic E-state index is 0. The Kier molecular flexibility index (Phi) is 14.1. The van der Waals surface area contributed by atoms with E-state index in [4.69, 9.17) is 14.2 Å². The van der Waals surface area contributed by atoms with Crippen LogP contribution in [0.1, 0.15) is 45.6 Å². The van der Waals surface area contributed by atoms with Crippen LogP contribution in [0.2, 0.25) is 0 Å². The fourth-order valence-corrected chi connectivity index (χ4v) is 3.02. The summed E-state index contributed by atoms with van der Waals surface area (Å²) in [7, 11) is 0. The van der Waals surface area contributed by atoms with Crippen LogP contribution < -0.4 is 15.4 Å². The molecule has 1 aromatic carbocycles. The quantitative estimate of drug-likeness (QED) is 0.191. The summed E-state index contributed by atoms with van der Waals surface area (Å²) in [4.78, 5) is 4.62. The van der Waals surface area contributed by atoms with Crippen LogP contribution in [0.4, 0.5) is 0 Å². The maximum Gasteiger partial charge on any atom is 0.191 e. The predicted molar refractivity (Wildman–Crippen MR) is 130 cm³/mol. The second-order valence-corrected chi connectivity index (χ2v) is 7.31. The second-order valence-electron chi connectivity index (χ2n) is 7.31. The van der Waals surface area contributed by atoms with Crippen molar-refractivity contribution in [3.8, 4) is 5.75 Å². The standard InChI is InChI=1S/C22H37N3O3.HI/c1-4-23-22(24-13-6-15-26-17-21-7-5-16-27-21)25-14-12-19-8-10-20(11-9-19)28-18(2)3;/h8-11,18,21H,4-7,12-17H2,1-3H3,(H2,23,24,25);1H. The lowest BCUT2D eigenvalue weighted by Gasteiger charge is -2.13. The van der Waals surface area contributed by atoms with Crippen molar-refractivity contribution in [3.63, 3.8) is 0 Å². The number of nitrogens with one attached hydrogen (secondary N) is 2. The minimum Gasteiger partial charge on any atom is -0.491 e. The minimum absolute atomic E-state index is 0. The molecule has 1 unspecified atom stereocenters. The van der Waals surface area contributed by atoms with Crippen LogP contribution in [0, 0.1) is 0 Å². The molecule has 2 N–H and O–H groups in total. The molecule has 7 heteroatoms. The van der Waals surface area contributed by atoms with Crippen LogP contribution in [0.15, 0.2) is 29.3 Å². The van der Waals surface area contributed by atoms with Crippen molar-refractivity contribution in [1.29, 1.82) is 0 Å². The fourth-order valence-electron chi connectivity index (χ4n) is 3.02. The van der Waals surface area contributed by atoms with Crippen molar-refractivity contribution in [2.45, 2.75) is 58.7 Å². The van der Waals surface area contributed by atoms with Gasteiger partial charge in [-0.2, -0.15) is 0 Å². The van der Waals surface area contributed by atoms with Gasteiger partial charge in [-0.25, -0.2) is 0 Å². The highest BCUT2D eigenvalue weighted by molar-refractivity contribution is 14.0. The molecule has 1 saturated heterocycles. The number of rotatable bonds is 12. The Hall–Kier alpha value is -1.06.